The number of carbonyl (C=O) groups is 2. The van der Waals surface area contributed by atoms with Gasteiger partial charge in [-0.2, -0.15) is 18.4 Å². The number of carbonyl (C=O) groups excluding carboxylic acids is 2. The number of likely N-dealkylation sites (tertiary alicyclic amines) is 1. The Morgan fingerprint density at radius 1 is 1.15 bits per heavy atom. The maximum Gasteiger partial charge on any atom is 0.403 e. The number of nitrogens with zero attached hydrogens (tertiary/aromatic N) is 2. The van der Waals surface area contributed by atoms with Gasteiger partial charge in [0.25, 0.3) is 0 Å². The number of nitrogens with one attached hydrogen (secondary N) is 1. The fourth-order valence-electron chi connectivity index (χ4n) is 5.48. The molecule has 1 heterocycles. The van der Waals surface area contributed by atoms with Crippen molar-refractivity contribution in [1.82, 2.24) is 10.2 Å². The van der Waals surface area contributed by atoms with E-state index in [-0.39, 0.29) is 17.9 Å². The molecule has 2 aromatic carbocycles. The van der Waals surface area contributed by atoms with Crippen molar-refractivity contribution in [1.29, 1.82) is 5.26 Å². The maximum absolute atomic E-state index is 13.8. The minimum atomic E-state index is -4.83. The molecule has 5 rings (SSSR count). The molecule has 2 aliphatic carbocycles. The first kappa shape index (κ1) is 28.1. The summed E-state index contributed by atoms with van der Waals surface area (Å²) in [4.78, 5) is 27.1. The van der Waals surface area contributed by atoms with Gasteiger partial charge in [0.2, 0.25) is 11.8 Å². The summed E-state index contributed by atoms with van der Waals surface area (Å²) in [6, 6.07) is 12.3. The number of amides is 2. The van der Waals surface area contributed by atoms with E-state index in [2.05, 4.69) is 5.32 Å². The van der Waals surface area contributed by atoms with Crippen LogP contribution in [0.15, 0.2) is 47.4 Å². The molecular weight excluding hydrogens is 547 g/mol. The number of aliphatic hydroxyl groups is 1. The zero-order chi connectivity index (χ0) is 29.1. The highest BCUT2D eigenvalue weighted by Crippen LogP contribution is 2.59. The molecule has 40 heavy (non-hydrogen) atoms. The minimum Gasteiger partial charge on any atom is -0.392 e. The number of nitriles is 1. The molecule has 212 valence electrons. The lowest BCUT2D eigenvalue weighted by Crippen LogP contribution is -2.53. The summed E-state index contributed by atoms with van der Waals surface area (Å²) in [5.41, 5.74) is -1.32. The summed E-state index contributed by atoms with van der Waals surface area (Å²) in [5.74, 6) is -2.12. The zero-order valence-electron chi connectivity index (χ0n) is 21.7. The number of alkyl halides is 3. The number of benzene rings is 2. The molecule has 2 amide bonds. The van der Waals surface area contributed by atoms with E-state index in [0.29, 0.717) is 29.5 Å². The second-order valence-corrected chi connectivity index (χ2v) is 13.1. The number of aliphatic hydroxyl groups excluding tert-OH is 1. The van der Waals surface area contributed by atoms with Crippen molar-refractivity contribution in [2.24, 2.45) is 5.41 Å². The molecule has 0 radical (unpaired) electrons. The quantitative estimate of drug-likeness (QED) is 0.521. The zero-order valence-corrected chi connectivity index (χ0v) is 22.5. The van der Waals surface area contributed by atoms with Crippen molar-refractivity contribution in [3.63, 3.8) is 0 Å². The molecule has 2 aromatic rings. The highest BCUT2D eigenvalue weighted by atomic mass is 32.2. The van der Waals surface area contributed by atoms with Gasteiger partial charge in [-0.05, 0) is 67.3 Å². The van der Waals surface area contributed by atoms with Gasteiger partial charge in [0.15, 0.2) is 9.84 Å². The second kappa shape index (κ2) is 9.59. The Morgan fingerprint density at radius 2 is 1.82 bits per heavy atom. The SMILES string of the molecule is Cc1cc(-c2ccccc2CO)ccc1S(=O)(=O)C1CC(C(=O)NC2(C#N)CC2)N(C(=O)C2(C(F)(F)F)CC2)C1. The fourth-order valence-corrected chi connectivity index (χ4v) is 7.40. The van der Waals surface area contributed by atoms with Gasteiger partial charge in [0.05, 0.1) is 22.8 Å². The lowest BCUT2D eigenvalue weighted by molar-refractivity contribution is -0.199. The van der Waals surface area contributed by atoms with Crippen molar-refractivity contribution in [2.45, 2.75) is 73.5 Å². The van der Waals surface area contributed by atoms with Gasteiger partial charge in [-0.1, -0.05) is 36.4 Å². The average Bonchev–Trinajstić information content (AvgIpc) is 3.84. The fraction of sp³-hybridized carbons (Fsp3) is 0.464. The van der Waals surface area contributed by atoms with Crippen molar-refractivity contribution in [3.05, 3.63) is 53.6 Å². The first-order valence-corrected chi connectivity index (χ1v) is 14.5. The molecule has 2 N–H and O–H groups in total. The number of halogens is 3. The standard InChI is InChI=1S/C28H28F3N3O5S/c1-17-12-18(21-5-3-2-4-19(21)15-35)6-7-23(17)40(38,39)20-13-22(24(36)33-26(16-32)8-9-26)34(14-20)25(37)27(10-11-27)28(29,30)31/h2-7,12,20,22,35H,8-11,13-15H2,1H3,(H,33,36). The molecule has 1 saturated heterocycles. The summed E-state index contributed by atoms with van der Waals surface area (Å²) < 4.78 is 69.0. The van der Waals surface area contributed by atoms with E-state index in [9.17, 15) is 41.5 Å². The van der Waals surface area contributed by atoms with Crippen molar-refractivity contribution in [2.75, 3.05) is 6.54 Å². The van der Waals surface area contributed by atoms with Crippen LogP contribution in [0.2, 0.25) is 0 Å². The summed E-state index contributed by atoms with van der Waals surface area (Å²) in [6.45, 7) is 0.814. The molecule has 0 bridgehead atoms. The van der Waals surface area contributed by atoms with E-state index in [0.717, 1.165) is 10.5 Å². The molecule has 2 atom stereocenters. The highest BCUT2D eigenvalue weighted by Gasteiger charge is 2.70. The van der Waals surface area contributed by atoms with Crippen LogP contribution in [-0.2, 0) is 26.0 Å². The van der Waals surface area contributed by atoms with Crippen LogP contribution in [0.3, 0.4) is 0 Å². The van der Waals surface area contributed by atoms with Crippen LogP contribution in [0.1, 0.15) is 43.2 Å². The molecule has 0 spiro atoms. The predicted molar refractivity (Wildman–Crippen MR) is 137 cm³/mol. The maximum atomic E-state index is 13.8. The molecule has 1 aliphatic heterocycles. The molecule has 2 unspecified atom stereocenters. The second-order valence-electron chi connectivity index (χ2n) is 10.9. The Labute approximate surface area is 229 Å². The van der Waals surface area contributed by atoms with E-state index in [1.165, 1.54) is 6.07 Å². The Kier molecular flexibility index (Phi) is 6.74. The van der Waals surface area contributed by atoms with Crippen LogP contribution in [0.25, 0.3) is 11.1 Å². The number of hydrogen-bond donors (Lipinski definition) is 2. The van der Waals surface area contributed by atoms with E-state index in [4.69, 9.17) is 0 Å². The lowest BCUT2D eigenvalue weighted by Gasteiger charge is -2.29. The number of aryl methyl sites for hydroxylation is 1. The molecular formula is C28H28F3N3O5S. The highest BCUT2D eigenvalue weighted by molar-refractivity contribution is 7.92. The summed E-state index contributed by atoms with van der Waals surface area (Å²) in [7, 11) is -4.18. The summed E-state index contributed by atoms with van der Waals surface area (Å²) in [6.07, 6.45) is -5.32. The number of hydrogen-bond acceptors (Lipinski definition) is 6. The van der Waals surface area contributed by atoms with Crippen molar-refractivity contribution in [3.8, 4) is 17.2 Å². The van der Waals surface area contributed by atoms with Gasteiger partial charge in [-0.3, -0.25) is 9.59 Å². The van der Waals surface area contributed by atoms with Crippen LogP contribution in [0.5, 0.6) is 0 Å². The van der Waals surface area contributed by atoms with Gasteiger partial charge in [0, 0.05) is 6.54 Å². The van der Waals surface area contributed by atoms with Gasteiger partial charge < -0.3 is 15.3 Å². The van der Waals surface area contributed by atoms with E-state index in [1.807, 2.05) is 6.07 Å². The van der Waals surface area contributed by atoms with E-state index < -0.39 is 69.5 Å². The Hall–Kier alpha value is -3.43. The predicted octanol–water partition coefficient (Wildman–Crippen LogP) is 3.41. The summed E-state index contributed by atoms with van der Waals surface area (Å²) >= 11 is 0. The number of rotatable bonds is 7. The van der Waals surface area contributed by atoms with Crippen LogP contribution in [-0.4, -0.2) is 59.8 Å². The third-order valence-electron chi connectivity index (χ3n) is 8.27. The third-order valence-corrected chi connectivity index (χ3v) is 10.6. The lowest BCUT2D eigenvalue weighted by atomic mass is 9.99. The van der Waals surface area contributed by atoms with Crippen molar-refractivity contribution >= 4 is 21.7 Å². The summed E-state index contributed by atoms with van der Waals surface area (Å²) in [5, 5.41) is 20.2. The van der Waals surface area contributed by atoms with Crippen LogP contribution >= 0.6 is 0 Å². The Morgan fingerprint density at radius 3 is 2.38 bits per heavy atom. The average molecular weight is 576 g/mol. The Balaban J connectivity index is 1.46. The smallest absolute Gasteiger partial charge is 0.392 e. The normalized spacial score (nSPS) is 22.9. The van der Waals surface area contributed by atoms with E-state index >= 15 is 0 Å². The van der Waals surface area contributed by atoms with Gasteiger partial charge in [0.1, 0.15) is 17.0 Å². The molecule has 12 heteroatoms. The Bertz CT molecular complexity index is 1520. The third kappa shape index (κ3) is 4.65. The van der Waals surface area contributed by atoms with Crippen molar-refractivity contribution < 1.29 is 36.3 Å². The van der Waals surface area contributed by atoms with Crippen LogP contribution in [0, 0.1) is 23.7 Å². The molecule has 3 aliphatic rings. The van der Waals surface area contributed by atoms with Crippen LogP contribution in [0.4, 0.5) is 13.2 Å². The van der Waals surface area contributed by atoms with E-state index in [1.54, 1.807) is 43.3 Å². The topological polar surface area (TPSA) is 128 Å². The monoisotopic (exact) mass is 575 g/mol. The first-order chi connectivity index (χ1) is 18.8. The number of sulfone groups is 1. The van der Waals surface area contributed by atoms with Gasteiger partial charge >= 0.3 is 6.18 Å². The molecule has 2 saturated carbocycles. The largest absolute Gasteiger partial charge is 0.403 e. The minimum absolute atomic E-state index is 0.0520. The molecule has 0 aromatic heterocycles. The molecule has 8 nitrogen and oxygen atoms in total. The molecule has 3 fully saturated rings. The first-order valence-electron chi connectivity index (χ1n) is 12.9. The van der Waals surface area contributed by atoms with Crippen LogP contribution < -0.4 is 5.32 Å². The van der Waals surface area contributed by atoms with Gasteiger partial charge in [-0.15, -0.1) is 0 Å². The van der Waals surface area contributed by atoms with Gasteiger partial charge in [-0.25, -0.2) is 8.42 Å².